The molecule has 0 unspecified atom stereocenters. The van der Waals surface area contributed by atoms with Crippen molar-refractivity contribution in [1.82, 2.24) is 9.78 Å². The Morgan fingerprint density at radius 1 is 1.48 bits per heavy atom. The Morgan fingerprint density at radius 3 is 2.70 bits per heavy atom. The average molecular weight is 392 g/mol. The van der Waals surface area contributed by atoms with E-state index >= 15 is 0 Å². The van der Waals surface area contributed by atoms with Gasteiger partial charge in [-0.2, -0.15) is 0 Å². The minimum Gasteiger partial charge on any atom is -0.487 e. The molecule has 10 heteroatoms. The molecule has 1 heterocycles. The number of halogens is 3. The predicted octanol–water partition coefficient (Wildman–Crippen LogP) is 4.22. The molecule has 1 aromatic heterocycles. The van der Waals surface area contributed by atoms with Crippen molar-refractivity contribution in [2.45, 2.75) is 13.3 Å². The zero-order valence-corrected chi connectivity index (χ0v) is 13.7. The molecule has 0 saturated heterocycles. The molecular weight excluding hydrogens is 380 g/mol. The average Bonchev–Trinajstić information content (AvgIpc) is 2.73. The standard InChI is InChI=1S/C13H12BrF2N3O4/c1-3-22-9-6-7(4-5-8(9)19(20)21)23-13-10(14)11(12(15)16)18(2)17-13/h4-6,12H,3H2,1-2H3. The number of hydrogen-bond acceptors (Lipinski definition) is 5. The summed E-state index contributed by atoms with van der Waals surface area (Å²) in [6, 6.07) is 3.86. The van der Waals surface area contributed by atoms with Crippen LogP contribution in [0.1, 0.15) is 19.0 Å². The molecule has 0 amide bonds. The van der Waals surface area contributed by atoms with Crippen LogP contribution >= 0.6 is 15.9 Å². The van der Waals surface area contributed by atoms with Gasteiger partial charge in [0.1, 0.15) is 15.9 Å². The van der Waals surface area contributed by atoms with E-state index in [1.807, 2.05) is 0 Å². The van der Waals surface area contributed by atoms with Gasteiger partial charge in [-0.1, -0.05) is 0 Å². The summed E-state index contributed by atoms with van der Waals surface area (Å²) < 4.78 is 37.5. The molecule has 0 fully saturated rings. The third kappa shape index (κ3) is 3.58. The first kappa shape index (κ1) is 17.1. The van der Waals surface area contributed by atoms with E-state index in [2.05, 4.69) is 21.0 Å². The topological polar surface area (TPSA) is 79.4 Å². The quantitative estimate of drug-likeness (QED) is 0.543. The fourth-order valence-corrected chi connectivity index (χ4v) is 2.47. The lowest BCUT2D eigenvalue weighted by molar-refractivity contribution is -0.385. The van der Waals surface area contributed by atoms with Gasteiger partial charge in [-0.05, 0) is 28.9 Å². The molecule has 7 nitrogen and oxygen atoms in total. The number of ether oxygens (including phenoxy) is 2. The van der Waals surface area contributed by atoms with Crippen LogP contribution in [0.5, 0.6) is 17.4 Å². The van der Waals surface area contributed by atoms with E-state index in [1.54, 1.807) is 6.92 Å². The SMILES string of the molecule is CCOc1cc(Oc2nn(C)c(C(F)F)c2Br)ccc1[N+](=O)[O-]. The molecule has 0 spiro atoms. The van der Waals surface area contributed by atoms with Crippen LogP contribution in [-0.4, -0.2) is 21.3 Å². The number of aromatic nitrogens is 2. The van der Waals surface area contributed by atoms with E-state index < -0.39 is 11.3 Å². The Kier molecular flexibility index (Phi) is 5.14. The number of rotatable bonds is 6. The van der Waals surface area contributed by atoms with Crippen molar-refractivity contribution < 1.29 is 23.2 Å². The van der Waals surface area contributed by atoms with Gasteiger partial charge in [0.25, 0.3) is 12.3 Å². The minimum atomic E-state index is -2.73. The number of alkyl halides is 2. The number of benzene rings is 1. The van der Waals surface area contributed by atoms with Crippen LogP contribution in [0.15, 0.2) is 22.7 Å². The molecule has 0 aliphatic heterocycles. The highest BCUT2D eigenvalue weighted by atomic mass is 79.9. The first-order chi connectivity index (χ1) is 10.8. The highest BCUT2D eigenvalue weighted by Gasteiger charge is 2.24. The van der Waals surface area contributed by atoms with Gasteiger partial charge >= 0.3 is 5.69 Å². The number of nitro benzene ring substituents is 1. The number of hydrogen-bond donors (Lipinski definition) is 0. The summed E-state index contributed by atoms with van der Waals surface area (Å²) in [7, 11) is 1.36. The maximum atomic E-state index is 12.9. The Morgan fingerprint density at radius 2 is 2.17 bits per heavy atom. The van der Waals surface area contributed by atoms with E-state index in [9.17, 15) is 18.9 Å². The predicted molar refractivity (Wildman–Crippen MR) is 80.2 cm³/mol. The van der Waals surface area contributed by atoms with Gasteiger partial charge < -0.3 is 9.47 Å². The number of nitrogens with zero attached hydrogens (tertiary/aromatic N) is 3. The van der Waals surface area contributed by atoms with E-state index in [1.165, 1.54) is 25.2 Å². The molecule has 2 rings (SSSR count). The Labute approximate surface area is 138 Å². The molecule has 1 aromatic carbocycles. The zero-order valence-electron chi connectivity index (χ0n) is 12.1. The summed E-state index contributed by atoms with van der Waals surface area (Å²) in [5.41, 5.74) is -0.542. The van der Waals surface area contributed by atoms with Crippen LogP contribution in [0.2, 0.25) is 0 Å². The minimum absolute atomic E-state index is 0.0197. The molecule has 2 aromatic rings. The number of nitro groups is 1. The maximum Gasteiger partial charge on any atom is 0.311 e. The Bertz CT molecular complexity index is 736. The van der Waals surface area contributed by atoms with E-state index in [4.69, 9.17) is 9.47 Å². The van der Waals surface area contributed by atoms with Crippen molar-refractivity contribution in [3.63, 3.8) is 0 Å². The number of aryl methyl sites for hydroxylation is 1. The van der Waals surface area contributed by atoms with Crippen LogP contribution in [0.3, 0.4) is 0 Å². The van der Waals surface area contributed by atoms with E-state index in [-0.39, 0.29) is 39.8 Å². The second kappa shape index (κ2) is 6.90. The molecule has 0 aliphatic carbocycles. The van der Waals surface area contributed by atoms with Crippen molar-refractivity contribution in [2.75, 3.05) is 6.61 Å². The summed E-state index contributed by atoms with van der Waals surface area (Å²) in [5.74, 6) is 0.133. The molecular formula is C13H12BrF2N3O4. The van der Waals surface area contributed by atoms with Gasteiger partial charge in [0.2, 0.25) is 5.75 Å². The molecule has 0 atom stereocenters. The normalized spacial score (nSPS) is 10.9. The summed E-state index contributed by atoms with van der Waals surface area (Å²) in [5, 5.41) is 14.8. The van der Waals surface area contributed by atoms with Gasteiger partial charge in [-0.15, -0.1) is 5.10 Å². The van der Waals surface area contributed by atoms with Gasteiger partial charge in [-0.25, -0.2) is 8.78 Å². The third-order valence-corrected chi connectivity index (χ3v) is 3.60. The van der Waals surface area contributed by atoms with Gasteiger partial charge in [0, 0.05) is 19.2 Å². The summed E-state index contributed by atoms with van der Waals surface area (Å²) in [6.45, 7) is 1.91. The van der Waals surface area contributed by atoms with Crippen LogP contribution in [0.25, 0.3) is 0 Å². The maximum absolute atomic E-state index is 12.9. The molecule has 0 N–H and O–H groups in total. The van der Waals surface area contributed by atoms with Gasteiger partial charge in [0.15, 0.2) is 0 Å². The third-order valence-electron chi connectivity index (χ3n) is 2.85. The molecule has 124 valence electrons. The molecule has 0 saturated carbocycles. The smallest absolute Gasteiger partial charge is 0.311 e. The van der Waals surface area contributed by atoms with Crippen LogP contribution in [-0.2, 0) is 7.05 Å². The van der Waals surface area contributed by atoms with Crippen molar-refractivity contribution in [1.29, 1.82) is 0 Å². The summed E-state index contributed by atoms with van der Waals surface area (Å²) in [6.07, 6.45) is -2.73. The van der Waals surface area contributed by atoms with Crippen molar-refractivity contribution >= 4 is 21.6 Å². The Hall–Kier alpha value is -2.23. The van der Waals surface area contributed by atoms with Crippen molar-refractivity contribution in [3.05, 3.63) is 38.5 Å². The van der Waals surface area contributed by atoms with Crippen LogP contribution in [0, 0.1) is 10.1 Å². The van der Waals surface area contributed by atoms with E-state index in [0.29, 0.717) is 0 Å². The summed E-state index contributed by atoms with van der Waals surface area (Å²) >= 11 is 3.02. The van der Waals surface area contributed by atoms with Gasteiger partial charge in [0.05, 0.1) is 11.5 Å². The van der Waals surface area contributed by atoms with Crippen molar-refractivity contribution in [3.8, 4) is 17.4 Å². The lowest BCUT2D eigenvalue weighted by atomic mass is 10.3. The Balaban J connectivity index is 2.36. The lowest BCUT2D eigenvalue weighted by Crippen LogP contribution is -1.98. The molecule has 23 heavy (non-hydrogen) atoms. The largest absolute Gasteiger partial charge is 0.487 e. The highest BCUT2D eigenvalue weighted by molar-refractivity contribution is 9.10. The van der Waals surface area contributed by atoms with Crippen LogP contribution < -0.4 is 9.47 Å². The monoisotopic (exact) mass is 391 g/mol. The zero-order chi connectivity index (χ0) is 17.1. The fourth-order valence-electron chi connectivity index (χ4n) is 1.88. The summed E-state index contributed by atoms with van der Waals surface area (Å²) in [4.78, 5) is 10.3. The van der Waals surface area contributed by atoms with Gasteiger partial charge in [-0.3, -0.25) is 14.8 Å². The lowest BCUT2D eigenvalue weighted by Gasteiger charge is -2.07. The molecule has 0 bridgehead atoms. The first-order valence-electron chi connectivity index (χ1n) is 6.44. The van der Waals surface area contributed by atoms with E-state index in [0.717, 1.165) is 4.68 Å². The highest BCUT2D eigenvalue weighted by Crippen LogP contribution is 2.38. The second-order valence-corrected chi connectivity index (χ2v) is 5.14. The fraction of sp³-hybridized carbons (Fsp3) is 0.308. The van der Waals surface area contributed by atoms with Crippen molar-refractivity contribution in [2.24, 2.45) is 7.05 Å². The van der Waals surface area contributed by atoms with Crippen LogP contribution in [0.4, 0.5) is 14.5 Å². The first-order valence-corrected chi connectivity index (χ1v) is 7.24. The molecule has 0 aliphatic rings. The second-order valence-electron chi connectivity index (χ2n) is 4.35. The molecule has 0 radical (unpaired) electrons.